The molecule has 0 spiro atoms. The smallest absolute Gasteiger partial charge is 0.330 e. The highest BCUT2D eigenvalue weighted by molar-refractivity contribution is 5.92. The van der Waals surface area contributed by atoms with E-state index in [9.17, 15) is 9.59 Å². The maximum atomic E-state index is 12.5. The van der Waals surface area contributed by atoms with Crippen molar-refractivity contribution in [2.75, 3.05) is 49.5 Å². The molecule has 0 radical (unpaired) electrons. The van der Waals surface area contributed by atoms with Crippen LogP contribution in [0.4, 0.5) is 11.4 Å². The average molecular weight is 433 g/mol. The fourth-order valence-corrected chi connectivity index (χ4v) is 3.57. The van der Waals surface area contributed by atoms with Gasteiger partial charge in [0.15, 0.2) is 0 Å². The lowest BCUT2D eigenvalue weighted by atomic mass is 10.2. The normalized spacial score (nSPS) is 14.6. The standard InChI is InChI=1S/C25H28N4O3/c1-2-32-25(31)13-8-20-4-9-22(10-5-20)27-24(30)19-28-14-3-15-29(17-16-28)23-11-6-21(18-26)7-12-23/h4-13H,2-3,14-17,19H2,1H3,(H,27,30)/b13-8+. The third-order valence-electron chi connectivity index (χ3n) is 5.21. The number of amides is 1. The highest BCUT2D eigenvalue weighted by atomic mass is 16.5. The number of rotatable bonds is 7. The van der Waals surface area contributed by atoms with Crippen molar-refractivity contribution in [3.05, 3.63) is 65.7 Å². The molecule has 0 bridgehead atoms. The summed E-state index contributed by atoms with van der Waals surface area (Å²) in [5.74, 6) is -0.424. The lowest BCUT2D eigenvalue weighted by molar-refractivity contribution is -0.137. The Hall–Kier alpha value is -3.63. The van der Waals surface area contributed by atoms with Gasteiger partial charge in [-0.15, -0.1) is 0 Å². The molecule has 0 atom stereocenters. The van der Waals surface area contributed by atoms with E-state index in [1.54, 1.807) is 13.0 Å². The quantitative estimate of drug-likeness (QED) is 0.534. The molecule has 32 heavy (non-hydrogen) atoms. The van der Waals surface area contributed by atoms with Crippen molar-refractivity contribution >= 4 is 29.3 Å². The van der Waals surface area contributed by atoms with Crippen LogP contribution in [0.5, 0.6) is 0 Å². The number of benzene rings is 2. The van der Waals surface area contributed by atoms with Crippen molar-refractivity contribution in [2.24, 2.45) is 0 Å². The highest BCUT2D eigenvalue weighted by Gasteiger charge is 2.17. The van der Waals surface area contributed by atoms with Gasteiger partial charge in [0.25, 0.3) is 0 Å². The van der Waals surface area contributed by atoms with Gasteiger partial charge in [-0.2, -0.15) is 5.26 Å². The first-order valence-electron chi connectivity index (χ1n) is 10.8. The summed E-state index contributed by atoms with van der Waals surface area (Å²) >= 11 is 0. The van der Waals surface area contributed by atoms with Crippen molar-refractivity contribution in [2.45, 2.75) is 13.3 Å². The van der Waals surface area contributed by atoms with E-state index in [0.717, 1.165) is 49.5 Å². The first-order valence-corrected chi connectivity index (χ1v) is 10.8. The molecule has 166 valence electrons. The van der Waals surface area contributed by atoms with Crippen LogP contribution in [0.25, 0.3) is 6.08 Å². The first kappa shape index (κ1) is 23.0. The molecule has 1 heterocycles. The van der Waals surface area contributed by atoms with Crippen LogP contribution in [0.1, 0.15) is 24.5 Å². The Labute approximate surface area is 188 Å². The first-order chi connectivity index (χ1) is 15.6. The van der Waals surface area contributed by atoms with E-state index in [2.05, 4.69) is 21.2 Å². The van der Waals surface area contributed by atoms with E-state index in [1.807, 2.05) is 48.5 Å². The number of hydrogen-bond acceptors (Lipinski definition) is 6. The number of ether oxygens (including phenoxy) is 1. The van der Waals surface area contributed by atoms with E-state index < -0.39 is 0 Å². The molecule has 1 fully saturated rings. The summed E-state index contributed by atoms with van der Waals surface area (Å²) in [4.78, 5) is 28.4. The van der Waals surface area contributed by atoms with Gasteiger partial charge in [0.1, 0.15) is 0 Å². The zero-order chi connectivity index (χ0) is 22.8. The molecule has 2 aromatic rings. The fraction of sp³-hybridized carbons (Fsp3) is 0.320. The lowest BCUT2D eigenvalue weighted by Gasteiger charge is -2.23. The average Bonchev–Trinajstić information content (AvgIpc) is 3.04. The van der Waals surface area contributed by atoms with E-state index in [-0.39, 0.29) is 11.9 Å². The predicted molar refractivity (Wildman–Crippen MR) is 125 cm³/mol. The van der Waals surface area contributed by atoms with Gasteiger partial charge in [0.2, 0.25) is 5.91 Å². The number of carbonyl (C=O) groups is 2. The number of anilines is 2. The second kappa shape index (κ2) is 11.7. The Morgan fingerprint density at radius 2 is 1.81 bits per heavy atom. The van der Waals surface area contributed by atoms with Gasteiger partial charge in [0.05, 0.1) is 24.8 Å². The Bertz CT molecular complexity index is 978. The number of carbonyl (C=O) groups excluding carboxylic acids is 2. The summed E-state index contributed by atoms with van der Waals surface area (Å²) in [5.41, 5.74) is 3.33. The lowest BCUT2D eigenvalue weighted by Crippen LogP contribution is -2.36. The Morgan fingerprint density at radius 3 is 2.50 bits per heavy atom. The Kier molecular flexibility index (Phi) is 8.41. The molecule has 0 aromatic heterocycles. The third-order valence-corrected chi connectivity index (χ3v) is 5.21. The highest BCUT2D eigenvalue weighted by Crippen LogP contribution is 2.17. The topological polar surface area (TPSA) is 85.7 Å². The molecule has 3 rings (SSSR count). The van der Waals surface area contributed by atoms with Crippen LogP contribution in [-0.2, 0) is 14.3 Å². The minimum atomic E-state index is -0.375. The Balaban J connectivity index is 1.47. The molecule has 7 nitrogen and oxygen atoms in total. The van der Waals surface area contributed by atoms with Gasteiger partial charge in [-0.05, 0) is 61.4 Å². The second-order valence-electron chi connectivity index (χ2n) is 7.53. The SMILES string of the molecule is CCOC(=O)/C=C/c1ccc(NC(=O)CN2CCCN(c3ccc(C#N)cc3)CC2)cc1. The molecule has 7 heteroatoms. The van der Waals surface area contributed by atoms with Crippen molar-refractivity contribution < 1.29 is 14.3 Å². The van der Waals surface area contributed by atoms with Crippen LogP contribution in [-0.4, -0.2) is 56.1 Å². The van der Waals surface area contributed by atoms with Crippen LogP contribution >= 0.6 is 0 Å². The van der Waals surface area contributed by atoms with E-state index in [0.29, 0.717) is 18.7 Å². The van der Waals surface area contributed by atoms with Crippen molar-refractivity contribution in [3.63, 3.8) is 0 Å². The van der Waals surface area contributed by atoms with Crippen LogP contribution < -0.4 is 10.2 Å². The molecular formula is C25H28N4O3. The van der Waals surface area contributed by atoms with Crippen LogP contribution in [0.3, 0.4) is 0 Å². The molecule has 1 amide bonds. The van der Waals surface area contributed by atoms with Gasteiger partial charge >= 0.3 is 5.97 Å². The third kappa shape index (κ3) is 6.96. The number of nitrogens with zero attached hydrogens (tertiary/aromatic N) is 3. The minimum Gasteiger partial charge on any atom is -0.463 e. The van der Waals surface area contributed by atoms with Gasteiger partial charge in [-0.1, -0.05) is 12.1 Å². The zero-order valence-corrected chi connectivity index (χ0v) is 18.3. The molecule has 0 aliphatic carbocycles. The van der Waals surface area contributed by atoms with Gasteiger partial charge in [-0.3, -0.25) is 9.69 Å². The van der Waals surface area contributed by atoms with Crippen LogP contribution in [0.15, 0.2) is 54.6 Å². The Morgan fingerprint density at radius 1 is 1.06 bits per heavy atom. The van der Waals surface area contributed by atoms with Crippen molar-refractivity contribution in [1.82, 2.24) is 4.90 Å². The predicted octanol–water partition coefficient (Wildman–Crippen LogP) is 3.29. The maximum Gasteiger partial charge on any atom is 0.330 e. The summed E-state index contributed by atoms with van der Waals surface area (Å²) in [6.07, 6.45) is 4.03. The molecule has 1 aliphatic heterocycles. The fourth-order valence-electron chi connectivity index (χ4n) is 3.57. The van der Waals surface area contributed by atoms with E-state index >= 15 is 0 Å². The van der Waals surface area contributed by atoms with Crippen molar-refractivity contribution in [3.8, 4) is 6.07 Å². The van der Waals surface area contributed by atoms with E-state index in [4.69, 9.17) is 10.00 Å². The van der Waals surface area contributed by atoms with Gasteiger partial charge in [0, 0.05) is 43.6 Å². The molecular weight excluding hydrogens is 404 g/mol. The molecule has 0 saturated carbocycles. The van der Waals surface area contributed by atoms with Crippen LogP contribution in [0.2, 0.25) is 0 Å². The maximum absolute atomic E-state index is 12.5. The monoisotopic (exact) mass is 432 g/mol. The molecule has 1 aliphatic rings. The van der Waals surface area contributed by atoms with Gasteiger partial charge in [-0.25, -0.2) is 4.79 Å². The molecule has 0 unspecified atom stereocenters. The molecule has 2 aromatic carbocycles. The van der Waals surface area contributed by atoms with E-state index in [1.165, 1.54) is 6.08 Å². The summed E-state index contributed by atoms with van der Waals surface area (Å²) in [6, 6.07) is 17.1. The second-order valence-corrected chi connectivity index (χ2v) is 7.53. The zero-order valence-electron chi connectivity index (χ0n) is 18.3. The molecule has 1 N–H and O–H groups in total. The number of esters is 1. The summed E-state index contributed by atoms with van der Waals surface area (Å²) in [7, 11) is 0. The van der Waals surface area contributed by atoms with Crippen molar-refractivity contribution in [1.29, 1.82) is 5.26 Å². The number of hydrogen-bond donors (Lipinski definition) is 1. The number of nitrogens with one attached hydrogen (secondary N) is 1. The minimum absolute atomic E-state index is 0.0494. The summed E-state index contributed by atoms with van der Waals surface area (Å²) < 4.78 is 4.86. The van der Waals surface area contributed by atoms with Gasteiger partial charge < -0.3 is 15.0 Å². The van der Waals surface area contributed by atoms with Crippen LogP contribution in [0, 0.1) is 11.3 Å². The summed E-state index contributed by atoms with van der Waals surface area (Å²) in [5, 5.41) is 11.9. The number of nitriles is 1. The molecule has 1 saturated heterocycles. The summed E-state index contributed by atoms with van der Waals surface area (Å²) in [6.45, 7) is 5.86. The largest absolute Gasteiger partial charge is 0.463 e.